The Balaban J connectivity index is 1.58. The average molecular weight is 332 g/mol. The molecule has 3 rings (SSSR count). The summed E-state index contributed by atoms with van der Waals surface area (Å²) < 4.78 is 0. The first-order valence-electron chi connectivity index (χ1n) is 8.48. The van der Waals surface area contributed by atoms with Crippen molar-refractivity contribution in [3.05, 3.63) is 29.8 Å². The summed E-state index contributed by atoms with van der Waals surface area (Å²) in [6, 6.07) is 7.52. The highest BCUT2D eigenvalue weighted by Gasteiger charge is 2.25. The summed E-state index contributed by atoms with van der Waals surface area (Å²) in [7, 11) is 0. The first-order chi connectivity index (χ1) is 11.3. The Hall–Kier alpha value is -1.33. The number of ketones is 1. The number of para-hydroxylation sites is 1. The zero-order valence-electron chi connectivity index (χ0n) is 13.5. The molecule has 0 aliphatic carbocycles. The maximum absolute atomic E-state index is 12.4. The van der Waals surface area contributed by atoms with Crippen LogP contribution < -0.4 is 4.90 Å². The molecule has 124 valence electrons. The van der Waals surface area contributed by atoms with Gasteiger partial charge in [-0.2, -0.15) is 11.8 Å². The quantitative estimate of drug-likeness (QED) is 0.778. The molecule has 1 saturated heterocycles. The number of hydrogen-bond donors (Lipinski definition) is 0. The van der Waals surface area contributed by atoms with Crippen LogP contribution in [0.1, 0.15) is 36.0 Å². The molecule has 0 bridgehead atoms. The van der Waals surface area contributed by atoms with Crippen molar-refractivity contribution in [2.24, 2.45) is 0 Å². The van der Waals surface area contributed by atoms with Crippen LogP contribution in [0.15, 0.2) is 24.3 Å². The van der Waals surface area contributed by atoms with E-state index >= 15 is 0 Å². The number of carbonyl (C=O) groups excluding carboxylic acids is 2. The molecule has 2 aliphatic rings. The average Bonchev–Trinajstić information content (AvgIpc) is 2.71. The van der Waals surface area contributed by atoms with Gasteiger partial charge in [-0.3, -0.25) is 9.59 Å². The summed E-state index contributed by atoms with van der Waals surface area (Å²) >= 11 is 2.03. The van der Waals surface area contributed by atoms with Crippen molar-refractivity contribution in [2.75, 3.05) is 42.6 Å². The van der Waals surface area contributed by atoms with Crippen molar-refractivity contribution in [3.63, 3.8) is 0 Å². The minimum absolute atomic E-state index is 0.0812. The number of hydrogen-bond acceptors (Lipinski definition) is 4. The lowest BCUT2D eigenvalue weighted by molar-refractivity contribution is -0.118. The first kappa shape index (κ1) is 16.5. The molecule has 1 amide bonds. The van der Waals surface area contributed by atoms with Crippen LogP contribution in [-0.2, 0) is 4.79 Å². The first-order valence-corrected chi connectivity index (χ1v) is 9.64. The number of unbranched alkanes of at least 4 members (excludes halogenated alkanes) is 1. The standard InChI is InChI=1S/C18H24N2O2S/c21-17-7-8-18(22)20(16-6-2-1-5-15(16)17)10-4-3-9-19-11-13-23-14-12-19/h1-2,5-6H,3-4,7-14H2. The van der Waals surface area contributed by atoms with E-state index in [1.54, 1.807) is 0 Å². The summed E-state index contributed by atoms with van der Waals surface area (Å²) in [5.74, 6) is 2.64. The third kappa shape index (κ3) is 4.15. The number of benzene rings is 1. The van der Waals surface area contributed by atoms with Gasteiger partial charge in [0.05, 0.1) is 5.69 Å². The molecule has 4 nitrogen and oxygen atoms in total. The normalized spacial score (nSPS) is 19.6. The fourth-order valence-electron chi connectivity index (χ4n) is 3.24. The van der Waals surface area contributed by atoms with Gasteiger partial charge >= 0.3 is 0 Å². The van der Waals surface area contributed by atoms with Gasteiger partial charge in [0.15, 0.2) is 5.78 Å². The highest BCUT2D eigenvalue weighted by atomic mass is 32.2. The van der Waals surface area contributed by atoms with Gasteiger partial charge in [0.1, 0.15) is 0 Å². The molecule has 2 aliphatic heterocycles. The SMILES string of the molecule is O=C1CCC(=O)N(CCCCN2CCSCC2)c2ccccc21. The Morgan fingerprint density at radius 1 is 0.957 bits per heavy atom. The van der Waals surface area contributed by atoms with Gasteiger partial charge in [-0.15, -0.1) is 0 Å². The van der Waals surface area contributed by atoms with Gasteiger partial charge in [-0.1, -0.05) is 12.1 Å². The Morgan fingerprint density at radius 2 is 1.70 bits per heavy atom. The second-order valence-corrected chi connectivity index (χ2v) is 7.37. The zero-order valence-corrected chi connectivity index (χ0v) is 14.3. The largest absolute Gasteiger partial charge is 0.312 e. The van der Waals surface area contributed by atoms with Crippen LogP contribution in [0.4, 0.5) is 5.69 Å². The molecule has 5 heteroatoms. The molecular weight excluding hydrogens is 308 g/mol. The van der Waals surface area contributed by atoms with E-state index in [1.807, 2.05) is 40.9 Å². The zero-order chi connectivity index (χ0) is 16.1. The summed E-state index contributed by atoms with van der Waals surface area (Å²) in [6.07, 6.45) is 2.75. The molecule has 23 heavy (non-hydrogen) atoms. The maximum Gasteiger partial charge on any atom is 0.227 e. The third-order valence-corrected chi connectivity index (χ3v) is 5.51. The van der Waals surface area contributed by atoms with Crippen molar-refractivity contribution >= 4 is 29.1 Å². The highest BCUT2D eigenvalue weighted by molar-refractivity contribution is 7.99. The number of amides is 1. The smallest absolute Gasteiger partial charge is 0.227 e. The molecule has 0 atom stereocenters. The molecule has 0 unspecified atom stereocenters. The number of rotatable bonds is 5. The third-order valence-electron chi connectivity index (χ3n) is 4.57. The molecule has 1 aromatic carbocycles. The van der Waals surface area contributed by atoms with Gasteiger partial charge in [0.25, 0.3) is 0 Å². The minimum atomic E-state index is 0.0812. The highest BCUT2D eigenvalue weighted by Crippen LogP contribution is 2.27. The van der Waals surface area contributed by atoms with E-state index < -0.39 is 0 Å². The molecule has 0 saturated carbocycles. The molecule has 0 aromatic heterocycles. The summed E-state index contributed by atoms with van der Waals surface area (Å²) in [5.41, 5.74) is 1.50. The second-order valence-electron chi connectivity index (χ2n) is 6.15. The fraction of sp³-hybridized carbons (Fsp3) is 0.556. The lowest BCUT2D eigenvalue weighted by Crippen LogP contribution is -2.34. The summed E-state index contributed by atoms with van der Waals surface area (Å²) in [6.45, 7) is 4.20. The van der Waals surface area contributed by atoms with Crippen LogP contribution in [0.2, 0.25) is 0 Å². The minimum Gasteiger partial charge on any atom is -0.312 e. The number of thioether (sulfide) groups is 1. The van der Waals surface area contributed by atoms with E-state index in [0.29, 0.717) is 24.9 Å². The second kappa shape index (κ2) is 7.97. The van der Waals surface area contributed by atoms with E-state index in [0.717, 1.165) is 25.1 Å². The molecular formula is C18H24N2O2S. The Labute approximate surface area is 142 Å². The molecule has 0 spiro atoms. The molecule has 0 radical (unpaired) electrons. The lowest BCUT2D eigenvalue weighted by atomic mass is 10.1. The van der Waals surface area contributed by atoms with Gasteiger partial charge in [0.2, 0.25) is 5.91 Å². The molecule has 1 aromatic rings. The Kier molecular flexibility index (Phi) is 5.73. The number of anilines is 1. The molecule has 0 N–H and O–H groups in total. The monoisotopic (exact) mass is 332 g/mol. The van der Waals surface area contributed by atoms with E-state index in [2.05, 4.69) is 4.90 Å². The fourth-order valence-corrected chi connectivity index (χ4v) is 4.22. The van der Waals surface area contributed by atoms with Crippen molar-refractivity contribution in [3.8, 4) is 0 Å². The van der Waals surface area contributed by atoms with E-state index in [-0.39, 0.29) is 11.7 Å². The van der Waals surface area contributed by atoms with Crippen LogP contribution in [-0.4, -0.2) is 54.3 Å². The van der Waals surface area contributed by atoms with E-state index in [1.165, 1.54) is 24.6 Å². The number of fused-ring (bicyclic) bond motifs is 1. The van der Waals surface area contributed by atoms with Crippen LogP contribution in [0, 0.1) is 0 Å². The van der Waals surface area contributed by atoms with Gasteiger partial charge in [-0.25, -0.2) is 0 Å². The van der Waals surface area contributed by atoms with Crippen molar-refractivity contribution in [1.82, 2.24) is 4.90 Å². The van der Waals surface area contributed by atoms with Gasteiger partial charge in [0, 0.05) is 49.5 Å². The van der Waals surface area contributed by atoms with Crippen LogP contribution >= 0.6 is 11.8 Å². The summed E-state index contributed by atoms with van der Waals surface area (Å²) in [4.78, 5) is 28.9. The van der Waals surface area contributed by atoms with Crippen molar-refractivity contribution in [2.45, 2.75) is 25.7 Å². The number of carbonyl (C=O) groups is 2. The predicted octanol–water partition coefficient (Wildman–Crippen LogP) is 2.83. The number of nitrogens with zero attached hydrogens (tertiary/aromatic N) is 2. The van der Waals surface area contributed by atoms with Crippen LogP contribution in [0.25, 0.3) is 0 Å². The van der Waals surface area contributed by atoms with E-state index in [4.69, 9.17) is 0 Å². The molecule has 2 heterocycles. The van der Waals surface area contributed by atoms with Gasteiger partial charge < -0.3 is 9.80 Å². The topological polar surface area (TPSA) is 40.6 Å². The van der Waals surface area contributed by atoms with Crippen LogP contribution in [0.5, 0.6) is 0 Å². The summed E-state index contributed by atoms with van der Waals surface area (Å²) in [5, 5.41) is 0. The van der Waals surface area contributed by atoms with Gasteiger partial charge in [-0.05, 0) is 31.5 Å². The Morgan fingerprint density at radius 3 is 2.52 bits per heavy atom. The van der Waals surface area contributed by atoms with Crippen molar-refractivity contribution in [1.29, 1.82) is 0 Å². The van der Waals surface area contributed by atoms with Crippen LogP contribution in [0.3, 0.4) is 0 Å². The Bertz CT molecular complexity index is 570. The van der Waals surface area contributed by atoms with Crippen molar-refractivity contribution < 1.29 is 9.59 Å². The van der Waals surface area contributed by atoms with E-state index in [9.17, 15) is 9.59 Å². The lowest BCUT2D eigenvalue weighted by Gasteiger charge is -2.27. The number of Topliss-reactive ketones (excluding diaryl/α,β-unsaturated/α-hetero) is 1. The maximum atomic E-state index is 12.4. The molecule has 1 fully saturated rings. The predicted molar refractivity (Wildman–Crippen MR) is 95.4 cm³/mol.